The number of nitrogens with one attached hydrogen (secondary N) is 2. The van der Waals surface area contributed by atoms with Crippen LogP contribution in [0.25, 0.3) is 0 Å². The van der Waals surface area contributed by atoms with Gasteiger partial charge in [0.05, 0.1) is 23.3 Å². The van der Waals surface area contributed by atoms with Gasteiger partial charge in [-0.25, -0.2) is 0 Å². The Morgan fingerprint density at radius 2 is 1.67 bits per heavy atom. The molecule has 0 saturated heterocycles. The van der Waals surface area contributed by atoms with Crippen LogP contribution in [0.1, 0.15) is 38.0 Å². The number of fused-ring (bicyclic) bond motifs is 1. The Labute approximate surface area is 172 Å². The lowest BCUT2D eigenvalue weighted by Crippen LogP contribution is -2.19. The zero-order chi connectivity index (χ0) is 21.1. The van der Waals surface area contributed by atoms with Crippen molar-refractivity contribution >= 4 is 23.4 Å². The first-order valence-corrected chi connectivity index (χ1v) is 9.36. The summed E-state index contributed by atoms with van der Waals surface area (Å²) in [5.74, 6) is 0.215. The predicted molar refractivity (Wildman–Crippen MR) is 110 cm³/mol. The third-order valence-electron chi connectivity index (χ3n) is 4.47. The minimum atomic E-state index is -0.450. The van der Waals surface area contributed by atoms with E-state index in [0.717, 1.165) is 0 Å². The maximum absolute atomic E-state index is 12.7. The molecule has 3 aromatic rings. The molecule has 1 heterocycles. The van der Waals surface area contributed by atoms with Crippen molar-refractivity contribution in [2.24, 2.45) is 0 Å². The van der Waals surface area contributed by atoms with Gasteiger partial charge in [-0.05, 0) is 49.4 Å². The van der Waals surface area contributed by atoms with Crippen LogP contribution in [0.15, 0.2) is 66.7 Å². The van der Waals surface area contributed by atoms with Crippen molar-refractivity contribution in [1.29, 1.82) is 0 Å². The lowest BCUT2D eigenvalue weighted by atomic mass is 10.1. The first-order chi connectivity index (χ1) is 14.5. The fraction of sp³-hybridized carbons (Fsp3) is 0.0870. The summed E-state index contributed by atoms with van der Waals surface area (Å²) in [6, 6.07) is 18.5. The van der Waals surface area contributed by atoms with Gasteiger partial charge in [-0.1, -0.05) is 18.2 Å². The Morgan fingerprint density at radius 1 is 0.900 bits per heavy atom. The molecule has 2 N–H and O–H groups in total. The maximum atomic E-state index is 12.7. The number of hydrogen-bond donors (Lipinski definition) is 2. The zero-order valence-electron chi connectivity index (χ0n) is 16.1. The van der Waals surface area contributed by atoms with Crippen molar-refractivity contribution in [2.75, 3.05) is 11.9 Å². The Bertz CT molecular complexity index is 1160. The molecule has 0 unspecified atom stereocenters. The zero-order valence-corrected chi connectivity index (χ0v) is 16.1. The highest BCUT2D eigenvalue weighted by atomic mass is 16.5. The minimum absolute atomic E-state index is 0.273. The molecule has 3 amide bonds. The van der Waals surface area contributed by atoms with Crippen LogP contribution in [0.4, 0.5) is 5.69 Å². The van der Waals surface area contributed by atoms with E-state index < -0.39 is 11.8 Å². The minimum Gasteiger partial charge on any atom is -0.493 e. The van der Waals surface area contributed by atoms with Gasteiger partial charge < -0.3 is 14.8 Å². The van der Waals surface area contributed by atoms with E-state index in [9.17, 15) is 14.4 Å². The second-order valence-corrected chi connectivity index (χ2v) is 6.50. The molecule has 7 heteroatoms. The van der Waals surface area contributed by atoms with Crippen LogP contribution in [0.5, 0.6) is 17.2 Å². The van der Waals surface area contributed by atoms with Crippen LogP contribution in [-0.2, 0) is 0 Å². The summed E-state index contributed by atoms with van der Waals surface area (Å²) in [4.78, 5) is 36.1. The molecule has 1 aliphatic rings. The van der Waals surface area contributed by atoms with Gasteiger partial charge in [-0.3, -0.25) is 19.7 Å². The largest absolute Gasteiger partial charge is 0.493 e. The standard InChI is InChI=1S/C23H18N2O5/c1-2-29-20-9-4-3-8-18(20)22(27)24-14-6-5-7-15(12-14)30-16-10-11-17-19(13-16)23(28)25-21(17)26/h3-13H,2H2,1H3,(H,24,27)(H,25,26,28). The number of carbonyl (C=O) groups is 3. The first-order valence-electron chi connectivity index (χ1n) is 9.36. The number of amides is 3. The summed E-state index contributed by atoms with van der Waals surface area (Å²) in [7, 11) is 0. The smallest absolute Gasteiger partial charge is 0.259 e. The lowest BCUT2D eigenvalue weighted by molar-refractivity contribution is 0.0878. The van der Waals surface area contributed by atoms with E-state index >= 15 is 0 Å². The lowest BCUT2D eigenvalue weighted by Gasteiger charge is -2.12. The number of anilines is 1. The van der Waals surface area contributed by atoms with Crippen molar-refractivity contribution in [3.63, 3.8) is 0 Å². The molecule has 7 nitrogen and oxygen atoms in total. The third kappa shape index (κ3) is 3.86. The van der Waals surface area contributed by atoms with Gasteiger partial charge in [0.2, 0.25) is 0 Å². The molecule has 0 aromatic heterocycles. The summed E-state index contributed by atoms with van der Waals surface area (Å²) >= 11 is 0. The average Bonchev–Trinajstić information content (AvgIpc) is 3.02. The monoisotopic (exact) mass is 402 g/mol. The predicted octanol–water partition coefficient (Wildman–Crippen LogP) is 4.01. The Hall–Kier alpha value is -4.13. The van der Waals surface area contributed by atoms with Gasteiger partial charge in [-0.15, -0.1) is 0 Å². The molecule has 0 fully saturated rings. The summed E-state index contributed by atoms with van der Waals surface area (Å²) in [5, 5.41) is 5.07. The van der Waals surface area contributed by atoms with Gasteiger partial charge in [0, 0.05) is 11.8 Å². The highest BCUT2D eigenvalue weighted by Gasteiger charge is 2.27. The molecule has 0 bridgehead atoms. The van der Waals surface area contributed by atoms with Gasteiger partial charge >= 0.3 is 0 Å². The fourth-order valence-corrected chi connectivity index (χ4v) is 3.12. The second-order valence-electron chi connectivity index (χ2n) is 6.50. The van der Waals surface area contributed by atoms with Crippen LogP contribution >= 0.6 is 0 Å². The van der Waals surface area contributed by atoms with Gasteiger partial charge in [0.1, 0.15) is 17.2 Å². The SMILES string of the molecule is CCOc1ccccc1C(=O)Nc1cccc(Oc2ccc3c(c2)C(=O)NC3=O)c1. The number of carbonyl (C=O) groups excluding carboxylic acids is 3. The molecule has 0 saturated carbocycles. The Balaban J connectivity index is 1.51. The molecule has 0 aliphatic carbocycles. The number of rotatable bonds is 6. The number of imide groups is 1. The topological polar surface area (TPSA) is 93.7 Å². The van der Waals surface area contributed by atoms with Gasteiger partial charge in [0.15, 0.2) is 0 Å². The van der Waals surface area contributed by atoms with Crippen LogP contribution in [0, 0.1) is 0 Å². The molecule has 0 radical (unpaired) electrons. The fourth-order valence-electron chi connectivity index (χ4n) is 3.12. The van der Waals surface area contributed by atoms with Crippen molar-refractivity contribution in [3.05, 3.63) is 83.4 Å². The number of para-hydroxylation sites is 1. The van der Waals surface area contributed by atoms with E-state index in [1.54, 1.807) is 60.7 Å². The van der Waals surface area contributed by atoms with Crippen LogP contribution < -0.4 is 20.1 Å². The summed E-state index contributed by atoms with van der Waals surface area (Å²) < 4.78 is 11.3. The van der Waals surface area contributed by atoms with E-state index in [0.29, 0.717) is 40.7 Å². The molecular weight excluding hydrogens is 384 g/mol. The van der Waals surface area contributed by atoms with Gasteiger partial charge in [0.25, 0.3) is 17.7 Å². The molecule has 4 rings (SSSR count). The van der Waals surface area contributed by atoms with Crippen LogP contribution in [0.3, 0.4) is 0 Å². The molecule has 150 valence electrons. The van der Waals surface area contributed by atoms with E-state index in [1.165, 1.54) is 6.07 Å². The highest BCUT2D eigenvalue weighted by molar-refractivity contribution is 6.21. The van der Waals surface area contributed by atoms with Crippen LogP contribution in [0.2, 0.25) is 0 Å². The van der Waals surface area contributed by atoms with Crippen molar-refractivity contribution in [3.8, 4) is 17.2 Å². The van der Waals surface area contributed by atoms with E-state index in [2.05, 4.69) is 10.6 Å². The Morgan fingerprint density at radius 3 is 2.50 bits per heavy atom. The van der Waals surface area contributed by atoms with E-state index in [4.69, 9.17) is 9.47 Å². The first kappa shape index (κ1) is 19.2. The molecular formula is C23H18N2O5. The normalized spacial score (nSPS) is 12.2. The maximum Gasteiger partial charge on any atom is 0.259 e. The van der Waals surface area contributed by atoms with Gasteiger partial charge in [-0.2, -0.15) is 0 Å². The summed E-state index contributed by atoms with van der Waals surface area (Å²) in [6.07, 6.45) is 0. The number of hydrogen-bond acceptors (Lipinski definition) is 5. The number of benzene rings is 3. The highest BCUT2D eigenvalue weighted by Crippen LogP contribution is 2.28. The van der Waals surface area contributed by atoms with Crippen molar-refractivity contribution in [1.82, 2.24) is 5.32 Å². The summed E-state index contributed by atoms with van der Waals surface area (Å²) in [6.45, 7) is 2.31. The van der Waals surface area contributed by atoms with Crippen molar-refractivity contribution in [2.45, 2.75) is 6.92 Å². The Kier molecular flexibility index (Phi) is 5.17. The number of ether oxygens (including phenoxy) is 2. The quantitative estimate of drug-likeness (QED) is 0.608. The molecule has 1 aliphatic heterocycles. The molecule has 0 spiro atoms. The molecule has 30 heavy (non-hydrogen) atoms. The van der Waals surface area contributed by atoms with E-state index in [1.807, 2.05) is 6.92 Å². The van der Waals surface area contributed by atoms with Crippen molar-refractivity contribution < 1.29 is 23.9 Å². The molecule has 0 atom stereocenters. The second kappa shape index (κ2) is 8.08. The van der Waals surface area contributed by atoms with Crippen LogP contribution in [-0.4, -0.2) is 24.3 Å². The average molecular weight is 402 g/mol. The summed E-state index contributed by atoms with van der Waals surface area (Å²) in [5.41, 5.74) is 1.56. The third-order valence-corrected chi connectivity index (χ3v) is 4.47. The molecule has 3 aromatic carbocycles. The van der Waals surface area contributed by atoms with E-state index in [-0.39, 0.29) is 11.5 Å².